The summed E-state index contributed by atoms with van der Waals surface area (Å²) in [5.74, 6) is -0.167. The molecule has 0 aromatic heterocycles. The van der Waals surface area contributed by atoms with Crippen molar-refractivity contribution in [2.75, 3.05) is 20.7 Å². The van der Waals surface area contributed by atoms with Crippen LogP contribution in [0.1, 0.15) is 6.42 Å². The SMILES string of the molecule is C=CC=O.CNCCC(=O)OC. The average molecular weight is 173 g/mol. The average Bonchev–Trinajstić information content (AvgIpc) is 2.14. The molecule has 4 heteroatoms. The van der Waals surface area contributed by atoms with E-state index in [1.165, 1.54) is 13.2 Å². The Bertz CT molecular complexity index is 128. The van der Waals surface area contributed by atoms with Crippen molar-refractivity contribution < 1.29 is 14.3 Å². The molecule has 0 bridgehead atoms. The molecular weight excluding hydrogens is 158 g/mol. The van der Waals surface area contributed by atoms with E-state index in [1.807, 2.05) is 0 Å². The van der Waals surface area contributed by atoms with Crippen LogP contribution in [0, 0.1) is 0 Å². The molecule has 4 nitrogen and oxygen atoms in total. The molecule has 0 aromatic carbocycles. The molecule has 0 atom stereocenters. The van der Waals surface area contributed by atoms with E-state index in [0.717, 1.165) is 0 Å². The third-order valence-electron chi connectivity index (χ3n) is 0.903. The number of carbonyl (C=O) groups is 2. The van der Waals surface area contributed by atoms with Gasteiger partial charge in [-0.3, -0.25) is 9.59 Å². The minimum absolute atomic E-state index is 0.167. The molecule has 70 valence electrons. The smallest absolute Gasteiger partial charge is 0.306 e. The van der Waals surface area contributed by atoms with E-state index in [1.54, 1.807) is 7.05 Å². The summed E-state index contributed by atoms with van der Waals surface area (Å²) in [7, 11) is 3.18. The van der Waals surface area contributed by atoms with E-state index in [2.05, 4.69) is 16.6 Å². The van der Waals surface area contributed by atoms with Crippen LogP contribution in [0.2, 0.25) is 0 Å². The van der Waals surface area contributed by atoms with Gasteiger partial charge in [0.05, 0.1) is 13.5 Å². The van der Waals surface area contributed by atoms with Crippen LogP contribution in [0.25, 0.3) is 0 Å². The fourth-order valence-corrected chi connectivity index (χ4v) is 0.329. The Morgan fingerprint density at radius 2 is 2.17 bits per heavy atom. The Kier molecular flexibility index (Phi) is 14.0. The zero-order valence-corrected chi connectivity index (χ0v) is 7.50. The lowest BCUT2D eigenvalue weighted by atomic mass is 10.4. The topological polar surface area (TPSA) is 55.4 Å². The van der Waals surface area contributed by atoms with E-state index in [-0.39, 0.29) is 5.97 Å². The summed E-state index contributed by atoms with van der Waals surface area (Å²) in [6.07, 6.45) is 2.28. The molecule has 0 aliphatic carbocycles. The molecule has 0 heterocycles. The maximum absolute atomic E-state index is 10.3. The lowest BCUT2D eigenvalue weighted by molar-refractivity contribution is -0.140. The minimum atomic E-state index is -0.167. The number of hydrogen-bond donors (Lipinski definition) is 1. The van der Waals surface area contributed by atoms with Crippen LogP contribution in [0.4, 0.5) is 0 Å². The van der Waals surface area contributed by atoms with Crippen molar-refractivity contribution in [2.24, 2.45) is 0 Å². The molecule has 0 fully saturated rings. The molecule has 0 saturated heterocycles. The van der Waals surface area contributed by atoms with E-state index < -0.39 is 0 Å². The molecule has 0 saturated carbocycles. The van der Waals surface area contributed by atoms with Gasteiger partial charge in [-0.25, -0.2) is 0 Å². The summed E-state index contributed by atoms with van der Waals surface area (Å²) >= 11 is 0. The highest BCUT2D eigenvalue weighted by Gasteiger charge is 1.94. The van der Waals surface area contributed by atoms with Crippen LogP contribution in [-0.2, 0) is 14.3 Å². The number of hydrogen-bond acceptors (Lipinski definition) is 4. The van der Waals surface area contributed by atoms with Crippen LogP contribution in [-0.4, -0.2) is 33.0 Å². The second-order valence-corrected chi connectivity index (χ2v) is 1.80. The van der Waals surface area contributed by atoms with Gasteiger partial charge in [0.15, 0.2) is 0 Å². The van der Waals surface area contributed by atoms with Gasteiger partial charge in [-0.15, -0.1) is 0 Å². The largest absolute Gasteiger partial charge is 0.469 e. The lowest BCUT2D eigenvalue weighted by Gasteiger charge is -1.95. The normalized spacial score (nSPS) is 7.50. The number of aldehydes is 1. The highest BCUT2D eigenvalue weighted by atomic mass is 16.5. The first-order valence-corrected chi connectivity index (χ1v) is 3.50. The molecule has 0 unspecified atom stereocenters. The van der Waals surface area contributed by atoms with Gasteiger partial charge in [0, 0.05) is 6.54 Å². The monoisotopic (exact) mass is 173 g/mol. The number of rotatable bonds is 4. The highest BCUT2D eigenvalue weighted by Crippen LogP contribution is 1.78. The number of nitrogens with one attached hydrogen (secondary N) is 1. The Hall–Kier alpha value is -1.16. The Balaban J connectivity index is 0. The van der Waals surface area contributed by atoms with Crippen molar-refractivity contribution in [3.63, 3.8) is 0 Å². The van der Waals surface area contributed by atoms with Gasteiger partial charge in [-0.2, -0.15) is 0 Å². The lowest BCUT2D eigenvalue weighted by Crippen LogP contribution is -2.13. The second kappa shape index (κ2) is 12.5. The summed E-state index contributed by atoms with van der Waals surface area (Å²) in [5.41, 5.74) is 0. The first kappa shape index (κ1) is 13.4. The predicted molar refractivity (Wildman–Crippen MR) is 46.8 cm³/mol. The van der Waals surface area contributed by atoms with Gasteiger partial charge >= 0.3 is 5.97 Å². The Morgan fingerprint density at radius 1 is 1.67 bits per heavy atom. The summed E-state index contributed by atoms with van der Waals surface area (Å²) < 4.78 is 4.37. The van der Waals surface area contributed by atoms with Crippen LogP contribution >= 0.6 is 0 Å². The van der Waals surface area contributed by atoms with Crippen molar-refractivity contribution in [3.8, 4) is 0 Å². The molecule has 0 amide bonds. The molecule has 12 heavy (non-hydrogen) atoms. The zero-order valence-electron chi connectivity index (χ0n) is 7.50. The van der Waals surface area contributed by atoms with Gasteiger partial charge in [-0.1, -0.05) is 6.58 Å². The van der Waals surface area contributed by atoms with E-state index in [4.69, 9.17) is 4.79 Å². The van der Waals surface area contributed by atoms with Crippen molar-refractivity contribution in [1.82, 2.24) is 5.32 Å². The first-order valence-electron chi connectivity index (χ1n) is 3.50. The summed E-state index contributed by atoms with van der Waals surface area (Å²) in [6.45, 7) is 3.80. The third kappa shape index (κ3) is 15.9. The molecule has 0 aliphatic heterocycles. The van der Waals surface area contributed by atoms with Gasteiger partial charge in [0.1, 0.15) is 6.29 Å². The van der Waals surface area contributed by atoms with Crippen LogP contribution in [0.15, 0.2) is 12.7 Å². The molecule has 0 radical (unpaired) electrons. The first-order chi connectivity index (χ1) is 5.72. The highest BCUT2D eigenvalue weighted by molar-refractivity contribution is 5.69. The van der Waals surface area contributed by atoms with Gasteiger partial charge in [0.2, 0.25) is 0 Å². The van der Waals surface area contributed by atoms with E-state index in [0.29, 0.717) is 19.3 Å². The van der Waals surface area contributed by atoms with E-state index in [9.17, 15) is 4.79 Å². The number of carbonyl (C=O) groups excluding carboxylic acids is 2. The fraction of sp³-hybridized carbons (Fsp3) is 0.500. The fourth-order valence-electron chi connectivity index (χ4n) is 0.329. The van der Waals surface area contributed by atoms with Crippen LogP contribution < -0.4 is 5.32 Å². The quantitative estimate of drug-likeness (QED) is 0.373. The van der Waals surface area contributed by atoms with E-state index >= 15 is 0 Å². The van der Waals surface area contributed by atoms with Crippen molar-refractivity contribution >= 4 is 12.3 Å². The number of ether oxygens (including phenoxy) is 1. The number of allylic oxidation sites excluding steroid dienone is 1. The summed E-state index contributed by atoms with van der Waals surface area (Å²) in [6, 6.07) is 0. The van der Waals surface area contributed by atoms with Gasteiger partial charge < -0.3 is 10.1 Å². The van der Waals surface area contributed by atoms with Crippen molar-refractivity contribution in [1.29, 1.82) is 0 Å². The third-order valence-corrected chi connectivity index (χ3v) is 0.903. The summed E-state index contributed by atoms with van der Waals surface area (Å²) in [5, 5.41) is 2.83. The zero-order chi connectivity index (χ0) is 9.82. The predicted octanol–water partition coefficient (Wildman–Crippen LogP) is 0.140. The number of methoxy groups -OCH3 is 1. The molecule has 0 aromatic rings. The molecule has 0 aliphatic rings. The maximum atomic E-state index is 10.3. The van der Waals surface area contributed by atoms with Crippen molar-refractivity contribution in [3.05, 3.63) is 12.7 Å². The second-order valence-electron chi connectivity index (χ2n) is 1.80. The summed E-state index contributed by atoms with van der Waals surface area (Å²) in [4.78, 5) is 19.4. The van der Waals surface area contributed by atoms with Gasteiger partial charge in [-0.05, 0) is 13.1 Å². The minimum Gasteiger partial charge on any atom is -0.469 e. The Labute approximate surface area is 72.6 Å². The standard InChI is InChI=1S/C5H11NO2.C3H4O/c1-6-4-3-5(7)8-2;1-2-3-4/h6H,3-4H2,1-2H3;2-3H,1H2. The van der Waals surface area contributed by atoms with Gasteiger partial charge in [0.25, 0.3) is 0 Å². The Morgan fingerprint density at radius 3 is 2.42 bits per heavy atom. The molecule has 1 N–H and O–H groups in total. The van der Waals surface area contributed by atoms with Crippen LogP contribution in [0.5, 0.6) is 0 Å². The van der Waals surface area contributed by atoms with Crippen LogP contribution in [0.3, 0.4) is 0 Å². The maximum Gasteiger partial charge on any atom is 0.306 e. The number of esters is 1. The molecule has 0 rings (SSSR count). The molecular formula is C8H15NO3. The van der Waals surface area contributed by atoms with Crippen molar-refractivity contribution in [2.45, 2.75) is 6.42 Å². The molecule has 0 spiro atoms.